The first-order chi connectivity index (χ1) is 17.0. The highest BCUT2D eigenvalue weighted by atomic mass is 32.1. The molecule has 3 heterocycles. The lowest BCUT2D eigenvalue weighted by Crippen LogP contribution is -2.36. The number of dihydropyridines is 1. The Labute approximate surface area is 208 Å². The maximum absolute atomic E-state index is 13.6. The summed E-state index contributed by atoms with van der Waals surface area (Å²) in [5, 5.41) is 15.6. The van der Waals surface area contributed by atoms with Crippen molar-refractivity contribution >= 4 is 23.1 Å². The van der Waals surface area contributed by atoms with Gasteiger partial charge in [0.15, 0.2) is 17.3 Å². The summed E-state index contributed by atoms with van der Waals surface area (Å²) in [6.45, 7) is 2.70. The molecule has 0 amide bonds. The molecule has 2 aliphatic heterocycles. The number of methoxy groups -OCH3 is 1. The van der Waals surface area contributed by atoms with E-state index >= 15 is 0 Å². The van der Waals surface area contributed by atoms with E-state index in [1.807, 2.05) is 18.4 Å². The Morgan fingerprint density at radius 3 is 2.86 bits per heavy atom. The quantitative estimate of drug-likeness (QED) is 0.568. The lowest BCUT2D eigenvalue weighted by molar-refractivity contribution is -0.142. The van der Waals surface area contributed by atoms with Gasteiger partial charge in [-0.3, -0.25) is 4.79 Å². The second kappa shape index (κ2) is 9.87. The Balaban J connectivity index is 1.53. The SMILES string of the molecule is COc1cc(C2C(C(=O)OCC3CCCO3)=C(C)NC3=C2C(=O)CC(c2cccs2)C3)ccc1O. The molecule has 2 aromatic rings. The van der Waals surface area contributed by atoms with E-state index in [4.69, 9.17) is 14.2 Å². The molecule has 0 spiro atoms. The normalized spacial score (nSPS) is 24.3. The van der Waals surface area contributed by atoms with Gasteiger partial charge in [-0.2, -0.15) is 0 Å². The van der Waals surface area contributed by atoms with Crippen LogP contribution in [0.25, 0.3) is 0 Å². The molecule has 1 saturated heterocycles. The second-order valence-corrected chi connectivity index (χ2v) is 10.2. The number of nitrogens with one attached hydrogen (secondary N) is 1. The Morgan fingerprint density at radius 2 is 2.14 bits per heavy atom. The van der Waals surface area contributed by atoms with Crippen molar-refractivity contribution in [3.63, 3.8) is 0 Å². The number of allylic oxidation sites excluding steroid dienone is 3. The van der Waals surface area contributed by atoms with E-state index < -0.39 is 11.9 Å². The highest BCUT2D eigenvalue weighted by molar-refractivity contribution is 7.10. The molecule has 0 bridgehead atoms. The number of carbonyl (C=O) groups is 2. The van der Waals surface area contributed by atoms with Crippen LogP contribution in [0.2, 0.25) is 0 Å². The summed E-state index contributed by atoms with van der Waals surface area (Å²) in [5.74, 6) is -0.699. The minimum absolute atomic E-state index is 0.00433. The lowest BCUT2D eigenvalue weighted by atomic mass is 9.72. The smallest absolute Gasteiger partial charge is 0.336 e. The topological polar surface area (TPSA) is 94.1 Å². The summed E-state index contributed by atoms with van der Waals surface area (Å²) in [7, 11) is 1.47. The largest absolute Gasteiger partial charge is 0.504 e. The standard InChI is InChI=1S/C27H29NO6S/c1-15-24(27(31)34-14-18-5-3-9-33-18)25(16-7-8-20(29)22(13-16)32-2)26-19(28-15)11-17(12-21(26)30)23-6-4-10-35-23/h4,6-8,10,13,17-18,25,28-29H,3,5,9,11-12,14H2,1-2H3. The van der Waals surface area contributed by atoms with E-state index in [2.05, 4.69) is 11.4 Å². The first-order valence-electron chi connectivity index (χ1n) is 11.9. The maximum atomic E-state index is 13.6. The van der Waals surface area contributed by atoms with Gasteiger partial charge >= 0.3 is 5.97 Å². The van der Waals surface area contributed by atoms with Crippen LogP contribution >= 0.6 is 11.3 Å². The molecule has 3 atom stereocenters. The van der Waals surface area contributed by atoms with Crippen LogP contribution in [-0.2, 0) is 19.1 Å². The molecule has 0 radical (unpaired) electrons. The molecule has 8 heteroatoms. The van der Waals surface area contributed by atoms with Crippen LogP contribution in [0.3, 0.4) is 0 Å². The number of phenols is 1. The van der Waals surface area contributed by atoms with Crippen LogP contribution in [0.5, 0.6) is 11.5 Å². The molecular formula is C27H29NO6S. The van der Waals surface area contributed by atoms with Crippen molar-refractivity contribution in [2.75, 3.05) is 20.3 Å². The lowest BCUT2D eigenvalue weighted by Gasteiger charge is -2.36. The van der Waals surface area contributed by atoms with Crippen LogP contribution in [0, 0.1) is 0 Å². The van der Waals surface area contributed by atoms with E-state index in [-0.39, 0.29) is 35.9 Å². The molecular weight excluding hydrogens is 466 g/mol. The van der Waals surface area contributed by atoms with Crippen molar-refractivity contribution in [1.29, 1.82) is 0 Å². The van der Waals surface area contributed by atoms with E-state index in [1.165, 1.54) is 18.1 Å². The Kier molecular flexibility index (Phi) is 6.67. The molecule has 3 unspecified atom stereocenters. The van der Waals surface area contributed by atoms with Crippen molar-refractivity contribution in [1.82, 2.24) is 5.32 Å². The summed E-state index contributed by atoms with van der Waals surface area (Å²) in [5.41, 5.74) is 3.18. The van der Waals surface area contributed by atoms with Crippen LogP contribution in [0.4, 0.5) is 0 Å². The highest BCUT2D eigenvalue weighted by Gasteiger charge is 2.42. The second-order valence-electron chi connectivity index (χ2n) is 9.20. The van der Waals surface area contributed by atoms with E-state index in [0.29, 0.717) is 41.9 Å². The van der Waals surface area contributed by atoms with Gasteiger partial charge in [-0.25, -0.2) is 4.79 Å². The van der Waals surface area contributed by atoms with Crippen LogP contribution in [-0.4, -0.2) is 43.3 Å². The van der Waals surface area contributed by atoms with Crippen molar-refractivity contribution in [2.45, 2.75) is 50.5 Å². The number of rotatable bonds is 6. The monoisotopic (exact) mass is 495 g/mol. The average Bonchev–Trinajstić information content (AvgIpc) is 3.56. The molecule has 2 N–H and O–H groups in total. The number of thiophene rings is 1. The number of hydrogen-bond donors (Lipinski definition) is 2. The van der Waals surface area contributed by atoms with Crippen LogP contribution in [0.15, 0.2) is 58.3 Å². The average molecular weight is 496 g/mol. The van der Waals surface area contributed by atoms with Gasteiger partial charge in [0.1, 0.15) is 6.61 Å². The molecule has 3 aliphatic rings. The predicted molar refractivity (Wildman–Crippen MR) is 131 cm³/mol. The van der Waals surface area contributed by atoms with E-state index in [9.17, 15) is 14.7 Å². The fraction of sp³-hybridized carbons (Fsp3) is 0.407. The summed E-state index contributed by atoms with van der Waals surface area (Å²) in [6.07, 6.45) is 2.78. The summed E-state index contributed by atoms with van der Waals surface area (Å²) < 4.78 is 16.6. The van der Waals surface area contributed by atoms with Gasteiger partial charge < -0.3 is 24.6 Å². The molecule has 1 aliphatic carbocycles. The van der Waals surface area contributed by atoms with Gasteiger partial charge in [-0.15, -0.1) is 11.3 Å². The molecule has 1 aromatic carbocycles. The molecule has 7 nitrogen and oxygen atoms in total. The zero-order chi connectivity index (χ0) is 24.5. The van der Waals surface area contributed by atoms with Crippen LogP contribution < -0.4 is 10.1 Å². The number of ketones is 1. The van der Waals surface area contributed by atoms with E-state index in [1.54, 1.807) is 23.5 Å². The number of aromatic hydroxyl groups is 1. The summed E-state index contributed by atoms with van der Waals surface area (Å²) in [6, 6.07) is 9.02. The number of benzene rings is 1. The van der Waals surface area contributed by atoms with Crippen LogP contribution in [0.1, 0.15) is 54.9 Å². The zero-order valence-electron chi connectivity index (χ0n) is 19.8. The summed E-state index contributed by atoms with van der Waals surface area (Å²) in [4.78, 5) is 28.2. The Bertz CT molecular complexity index is 1190. The van der Waals surface area contributed by atoms with Crippen molar-refractivity contribution < 1.29 is 28.9 Å². The first-order valence-corrected chi connectivity index (χ1v) is 12.8. The third-order valence-corrected chi connectivity index (χ3v) is 7.99. The molecule has 1 fully saturated rings. The summed E-state index contributed by atoms with van der Waals surface area (Å²) >= 11 is 1.65. The van der Waals surface area contributed by atoms with Gasteiger partial charge in [0.2, 0.25) is 0 Å². The number of esters is 1. The molecule has 184 valence electrons. The van der Waals surface area contributed by atoms with Gasteiger partial charge in [0.05, 0.1) is 18.8 Å². The Hall–Kier alpha value is -3.10. The van der Waals surface area contributed by atoms with Gasteiger partial charge in [-0.1, -0.05) is 12.1 Å². The predicted octanol–water partition coefficient (Wildman–Crippen LogP) is 4.55. The fourth-order valence-corrected chi connectivity index (χ4v) is 6.09. The zero-order valence-corrected chi connectivity index (χ0v) is 20.7. The van der Waals surface area contributed by atoms with Gasteiger partial charge in [0.25, 0.3) is 0 Å². The number of carbonyl (C=O) groups excluding carboxylic acids is 2. The molecule has 1 aromatic heterocycles. The minimum atomic E-state index is -0.616. The molecule has 35 heavy (non-hydrogen) atoms. The molecule has 0 saturated carbocycles. The third kappa shape index (κ3) is 4.60. The van der Waals surface area contributed by atoms with Gasteiger partial charge in [-0.05, 0) is 55.3 Å². The highest BCUT2D eigenvalue weighted by Crippen LogP contribution is 2.47. The van der Waals surface area contributed by atoms with Crippen molar-refractivity contribution in [3.05, 3.63) is 68.7 Å². The number of Topliss-reactive ketones (excluding diaryl/α,β-unsaturated/α-hetero) is 1. The first kappa shape index (κ1) is 23.6. The van der Waals surface area contributed by atoms with Gasteiger partial charge in [0, 0.05) is 46.7 Å². The Morgan fingerprint density at radius 1 is 1.29 bits per heavy atom. The number of ether oxygens (including phenoxy) is 3. The third-order valence-electron chi connectivity index (χ3n) is 6.95. The number of hydrogen-bond acceptors (Lipinski definition) is 8. The minimum Gasteiger partial charge on any atom is -0.504 e. The fourth-order valence-electron chi connectivity index (χ4n) is 5.26. The number of phenolic OH excluding ortho intramolecular Hbond substituents is 1. The molecule has 5 rings (SSSR count). The van der Waals surface area contributed by atoms with Crippen molar-refractivity contribution in [2.24, 2.45) is 0 Å². The van der Waals surface area contributed by atoms with E-state index in [0.717, 1.165) is 18.5 Å². The van der Waals surface area contributed by atoms with Crippen molar-refractivity contribution in [3.8, 4) is 11.5 Å². The maximum Gasteiger partial charge on any atom is 0.336 e.